The molecule has 1 heterocycles. The molecular formula is C10H6BrFN4O4S. The van der Waals surface area contributed by atoms with Crippen LogP contribution in [0.15, 0.2) is 40.1 Å². The van der Waals surface area contributed by atoms with Crippen LogP contribution in [0.1, 0.15) is 0 Å². The minimum atomic E-state index is -4.37. The number of para-hydroxylation sites is 1. The molecule has 2 rings (SSSR count). The molecule has 0 atom stereocenters. The second-order valence-corrected chi connectivity index (χ2v) is 6.14. The van der Waals surface area contributed by atoms with Crippen molar-refractivity contribution in [2.45, 2.75) is 4.90 Å². The van der Waals surface area contributed by atoms with Crippen molar-refractivity contribution in [2.75, 3.05) is 4.72 Å². The molecule has 0 aliphatic carbocycles. The van der Waals surface area contributed by atoms with E-state index >= 15 is 0 Å². The molecule has 0 unspecified atom stereocenters. The van der Waals surface area contributed by atoms with Gasteiger partial charge in [-0.1, -0.05) is 6.07 Å². The maximum atomic E-state index is 13.5. The zero-order valence-electron chi connectivity index (χ0n) is 10.0. The van der Waals surface area contributed by atoms with Crippen molar-refractivity contribution in [3.8, 4) is 0 Å². The van der Waals surface area contributed by atoms with Crippen LogP contribution in [0.4, 0.5) is 15.9 Å². The van der Waals surface area contributed by atoms with Gasteiger partial charge in [-0.3, -0.25) is 14.8 Å². The highest BCUT2D eigenvalue weighted by Crippen LogP contribution is 2.27. The van der Waals surface area contributed by atoms with Crippen molar-refractivity contribution in [2.24, 2.45) is 0 Å². The third-order valence-electron chi connectivity index (χ3n) is 2.28. The van der Waals surface area contributed by atoms with Gasteiger partial charge < -0.3 is 0 Å². The summed E-state index contributed by atoms with van der Waals surface area (Å²) >= 11 is 3.02. The van der Waals surface area contributed by atoms with Gasteiger partial charge >= 0.3 is 5.69 Å². The smallest absolute Gasteiger partial charge is 0.262 e. The quantitative estimate of drug-likeness (QED) is 0.645. The third-order valence-corrected chi connectivity index (χ3v) is 4.08. The van der Waals surface area contributed by atoms with Gasteiger partial charge in [0.05, 0.1) is 17.3 Å². The molecular weight excluding hydrogens is 371 g/mol. The van der Waals surface area contributed by atoms with E-state index in [1.54, 1.807) is 0 Å². The van der Waals surface area contributed by atoms with Crippen LogP contribution in [-0.4, -0.2) is 23.3 Å². The fraction of sp³-hybridized carbons (Fsp3) is 0. The molecule has 110 valence electrons. The molecule has 0 radical (unpaired) electrons. The van der Waals surface area contributed by atoms with Gasteiger partial charge in [0.15, 0.2) is 10.7 Å². The van der Waals surface area contributed by atoms with Crippen LogP contribution in [0.5, 0.6) is 0 Å². The number of hydrogen-bond acceptors (Lipinski definition) is 6. The molecule has 8 nitrogen and oxygen atoms in total. The maximum Gasteiger partial charge on any atom is 0.325 e. The summed E-state index contributed by atoms with van der Waals surface area (Å²) in [7, 11) is -4.37. The molecule has 0 saturated carbocycles. The Balaban J connectivity index is 2.47. The van der Waals surface area contributed by atoms with Gasteiger partial charge in [-0.15, -0.1) is 0 Å². The normalized spacial score (nSPS) is 11.1. The Morgan fingerprint density at radius 3 is 2.57 bits per heavy atom. The summed E-state index contributed by atoms with van der Waals surface area (Å²) in [5.74, 6) is -1.40. The van der Waals surface area contributed by atoms with Crippen LogP contribution in [0.25, 0.3) is 0 Å². The van der Waals surface area contributed by atoms with Crippen LogP contribution in [0, 0.1) is 15.9 Å². The van der Waals surface area contributed by atoms with Crippen molar-refractivity contribution in [1.29, 1.82) is 0 Å². The predicted molar refractivity (Wildman–Crippen MR) is 73.6 cm³/mol. The lowest BCUT2D eigenvalue weighted by atomic mass is 10.3. The molecule has 21 heavy (non-hydrogen) atoms. The fourth-order valence-electron chi connectivity index (χ4n) is 1.45. The molecule has 0 fully saturated rings. The summed E-state index contributed by atoms with van der Waals surface area (Å²) in [4.78, 5) is 16.4. The number of hydrogen-bond donors (Lipinski definition) is 1. The number of nitro groups is 1. The fourth-order valence-corrected chi connectivity index (χ4v) is 2.83. The number of benzene rings is 1. The van der Waals surface area contributed by atoms with Crippen LogP contribution in [0.2, 0.25) is 0 Å². The first-order valence-corrected chi connectivity index (χ1v) is 7.52. The first kappa shape index (κ1) is 15.3. The average Bonchev–Trinajstić information content (AvgIpc) is 2.40. The van der Waals surface area contributed by atoms with E-state index in [-0.39, 0.29) is 5.82 Å². The van der Waals surface area contributed by atoms with E-state index in [1.807, 2.05) is 4.72 Å². The molecule has 0 amide bonds. The Kier molecular flexibility index (Phi) is 4.14. The largest absolute Gasteiger partial charge is 0.325 e. The standard InChI is InChI=1S/C10H6BrFN4O4S/c11-8-4-14-9(5-13-8)15-21(19,20)7-3-1-2-6(12)10(7)16(17)18/h1-5H,(H,14,15). The van der Waals surface area contributed by atoms with Gasteiger partial charge in [-0.05, 0) is 28.1 Å². The Morgan fingerprint density at radius 2 is 2.00 bits per heavy atom. The number of halogens is 2. The zero-order chi connectivity index (χ0) is 15.6. The van der Waals surface area contributed by atoms with Crippen LogP contribution < -0.4 is 4.72 Å². The van der Waals surface area contributed by atoms with Gasteiger partial charge in [0.25, 0.3) is 10.0 Å². The van der Waals surface area contributed by atoms with Gasteiger partial charge in [0.1, 0.15) is 4.60 Å². The number of nitro benzene ring substituents is 1. The lowest BCUT2D eigenvalue weighted by Crippen LogP contribution is -2.16. The van der Waals surface area contributed by atoms with E-state index in [1.165, 1.54) is 6.20 Å². The molecule has 0 saturated heterocycles. The topological polar surface area (TPSA) is 115 Å². The first-order valence-electron chi connectivity index (χ1n) is 5.24. The third kappa shape index (κ3) is 3.31. The minimum absolute atomic E-state index is 0.156. The lowest BCUT2D eigenvalue weighted by Gasteiger charge is -2.07. The number of nitrogens with zero attached hydrogens (tertiary/aromatic N) is 3. The van der Waals surface area contributed by atoms with E-state index in [9.17, 15) is 22.9 Å². The lowest BCUT2D eigenvalue weighted by molar-refractivity contribution is -0.390. The van der Waals surface area contributed by atoms with E-state index in [0.717, 1.165) is 24.4 Å². The Labute approximate surface area is 126 Å². The van der Waals surface area contributed by atoms with Crippen molar-refractivity contribution >= 4 is 37.5 Å². The van der Waals surface area contributed by atoms with Gasteiger partial charge in [-0.2, -0.15) is 4.39 Å². The summed E-state index contributed by atoms with van der Waals surface area (Å²) in [6, 6.07) is 2.79. The summed E-state index contributed by atoms with van der Waals surface area (Å²) < 4.78 is 40.0. The predicted octanol–water partition coefficient (Wildman–Crippen LogP) is 2.09. The highest BCUT2D eigenvalue weighted by molar-refractivity contribution is 9.10. The molecule has 1 aromatic carbocycles. The monoisotopic (exact) mass is 376 g/mol. The second-order valence-electron chi connectivity index (χ2n) is 3.67. The number of rotatable bonds is 4. The van der Waals surface area contributed by atoms with Crippen molar-refractivity contribution in [1.82, 2.24) is 9.97 Å². The second kappa shape index (κ2) is 5.69. The van der Waals surface area contributed by atoms with Gasteiger partial charge in [0, 0.05) is 0 Å². The van der Waals surface area contributed by atoms with Crippen LogP contribution in [0.3, 0.4) is 0 Å². The Bertz CT molecular complexity index is 797. The molecule has 0 aliphatic heterocycles. The Hall–Kier alpha value is -2.14. The first-order chi connectivity index (χ1) is 9.81. The van der Waals surface area contributed by atoms with E-state index in [2.05, 4.69) is 25.9 Å². The summed E-state index contributed by atoms with van der Waals surface area (Å²) in [6.45, 7) is 0. The SMILES string of the molecule is O=[N+]([O-])c1c(F)cccc1S(=O)(=O)Nc1cnc(Br)cn1. The van der Waals surface area contributed by atoms with Crippen LogP contribution in [-0.2, 0) is 10.0 Å². The van der Waals surface area contributed by atoms with Crippen molar-refractivity contribution in [3.63, 3.8) is 0 Å². The van der Waals surface area contributed by atoms with Gasteiger partial charge in [-0.25, -0.2) is 18.4 Å². The molecule has 0 aliphatic rings. The molecule has 1 aromatic heterocycles. The van der Waals surface area contributed by atoms with Crippen molar-refractivity contribution < 1.29 is 17.7 Å². The molecule has 2 aromatic rings. The van der Waals surface area contributed by atoms with Crippen molar-refractivity contribution in [3.05, 3.63) is 51.1 Å². The minimum Gasteiger partial charge on any atom is -0.262 e. The molecule has 0 bridgehead atoms. The average molecular weight is 377 g/mol. The molecule has 11 heteroatoms. The summed E-state index contributed by atoms with van der Waals surface area (Å²) in [6.07, 6.45) is 2.34. The zero-order valence-corrected chi connectivity index (χ0v) is 12.4. The summed E-state index contributed by atoms with van der Waals surface area (Å²) in [5.41, 5.74) is -1.13. The van der Waals surface area contributed by atoms with E-state index < -0.39 is 31.3 Å². The number of nitrogens with one attached hydrogen (secondary N) is 1. The number of sulfonamides is 1. The highest BCUT2D eigenvalue weighted by Gasteiger charge is 2.29. The summed E-state index contributed by atoms with van der Waals surface area (Å²) in [5, 5.41) is 10.8. The Morgan fingerprint density at radius 1 is 1.29 bits per heavy atom. The maximum absolute atomic E-state index is 13.5. The van der Waals surface area contributed by atoms with Crippen LogP contribution >= 0.6 is 15.9 Å². The molecule has 1 N–H and O–H groups in total. The van der Waals surface area contributed by atoms with Gasteiger partial charge in [0.2, 0.25) is 5.82 Å². The number of aromatic nitrogens is 2. The number of anilines is 1. The van der Waals surface area contributed by atoms with E-state index in [0.29, 0.717) is 4.60 Å². The highest BCUT2D eigenvalue weighted by atomic mass is 79.9. The van der Waals surface area contributed by atoms with E-state index in [4.69, 9.17) is 0 Å². The molecule has 0 spiro atoms.